The van der Waals surface area contributed by atoms with E-state index >= 15 is 0 Å². The van der Waals surface area contributed by atoms with Gasteiger partial charge in [-0.15, -0.1) is 0 Å². The molecule has 102 valence electrons. The maximum absolute atomic E-state index is 13.9. The molecule has 1 atom stereocenters. The monoisotopic (exact) mass is 268 g/mol. The van der Waals surface area contributed by atoms with Crippen molar-refractivity contribution >= 4 is 11.6 Å². The van der Waals surface area contributed by atoms with E-state index in [0.29, 0.717) is 19.6 Å². The summed E-state index contributed by atoms with van der Waals surface area (Å²) in [7, 11) is 0. The molecule has 0 spiro atoms. The summed E-state index contributed by atoms with van der Waals surface area (Å²) < 4.78 is 18.9. The summed E-state index contributed by atoms with van der Waals surface area (Å²) in [6.07, 6.45) is 0.654. The topological polar surface area (TPSA) is 81.5 Å². The third-order valence-electron chi connectivity index (χ3n) is 2.96. The Labute approximate surface area is 108 Å². The molecule has 1 amide bonds. The number of halogens is 1. The van der Waals surface area contributed by atoms with Crippen LogP contribution in [0.25, 0.3) is 0 Å². The van der Waals surface area contributed by atoms with Gasteiger partial charge in [0.1, 0.15) is 5.82 Å². The highest BCUT2D eigenvalue weighted by Crippen LogP contribution is 2.21. The van der Waals surface area contributed by atoms with Crippen LogP contribution in [0.5, 0.6) is 0 Å². The molecule has 0 bridgehead atoms. The van der Waals surface area contributed by atoms with Crippen molar-refractivity contribution in [2.45, 2.75) is 19.4 Å². The maximum Gasteiger partial charge on any atom is 0.270 e. The van der Waals surface area contributed by atoms with Gasteiger partial charge >= 0.3 is 0 Å². The van der Waals surface area contributed by atoms with Crippen LogP contribution in [-0.2, 0) is 4.74 Å². The number of amides is 1. The minimum Gasteiger partial charge on any atom is -0.379 e. The van der Waals surface area contributed by atoms with E-state index in [-0.39, 0.29) is 22.9 Å². The highest BCUT2D eigenvalue weighted by atomic mass is 19.1. The van der Waals surface area contributed by atoms with Gasteiger partial charge in [-0.2, -0.15) is 0 Å². The molecular weight excluding hydrogens is 255 g/mol. The maximum atomic E-state index is 13.9. The van der Waals surface area contributed by atoms with Crippen molar-refractivity contribution < 1.29 is 18.8 Å². The first-order chi connectivity index (χ1) is 8.99. The number of benzene rings is 1. The average Bonchev–Trinajstić information content (AvgIpc) is 2.84. The van der Waals surface area contributed by atoms with Crippen molar-refractivity contribution in [1.29, 1.82) is 0 Å². The number of hydrogen-bond acceptors (Lipinski definition) is 4. The SMILES string of the molecule is Cc1cc([N+](=O)[O-])cc(C(=O)NC2CCOC2)c1F. The quantitative estimate of drug-likeness (QED) is 0.666. The first kappa shape index (κ1) is 13.4. The second-order valence-electron chi connectivity index (χ2n) is 4.42. The largest absolute Gasteiger partial charge is 0.379 e. The lowest BCUT2D eigenvalue weighted by atomic mass is 10.1. The van der Waals surface area contributed by atoms with Crippen molar-refractivity contribution in [2.24, 2.45) is 0 Å². The fraction of sp³-hybridized carbons (Fsp3) is 0.417. The third-order valence-corrected chi connectivity index (χ3v) is 2.96. The van der Waals surface area contributed by atoms with E-state index in [2.05, 4.69) is 5.32 Å². The number of aryl methyl sites for hydroxylation is 1. The zero-order chi connectivity index (χ0) is 14.0. The van der Waals surface area contributed by atoms with Crippen LogP contribution in [0.2, 0.25) is 0 Å². The normalized spacial score (nSPS) is 18.3. The molecule has 0 aliphatic carbocycles. The number of ether oxygens (including phenoxy) is 1. The van der Waals surface area contributed by atoms with Crippen molar-refractivity contribution in [3.05, 3.63) is 39.2 Å². The molecule has 1 saturated heterocycles. The number of nitro benzene ring substituents is 1. The van der Waals surface area contributed by atoms with Gasteiger partial charge < -0.3 is 10.1 Å². The lowest BCUT2D eigenvalue weighted by Gasteiger charge is -2.11. The lowest BCUT2D eigenvalue weighted by molar-refractivity contribution is -0.385. The van der Waals surface area contributed by atoms with E-state index in [4.69, 9.17) is 4.74 Å². The molecule has 1 aromatic rings. The first-order valence-corrected chi connectivity index (χ1v) is 5.82. The van der Waals surface area contributed by atoms with Crippen LogP contribution in [0, 0.1) is 22.9 Å². The van der Waals surface area contributed by atoms with Gasteiger partial charge in [-0.25, -0.2) is 4.39 Å². The molecule has 1 unspecified atom stereocenters. The molecule has 0 aromatic heterocycles. The number of nitrogens with one attached hydrogen (secondary N) is 1. The van der Waals surface area contributed by atoms with Crippen molar-refractivity contribution in [3.8, 4) is 0 Å². The Morgan fingerprint density at radius 3 is 2.89 bits per heavy atom. The Hall–Kier alpha value is -2.02. The van der Waals surface area contributed by atoms with Gasteiger partial charge in [0, 0.05) is 18.7 Å². The fourth-order valence-electron chi connectivity index (χ4n) is 1.93. The second kappa shape index (κ2) is 5.31. The molecule has 1 heterocycles. The Balaban J connectivity index is 2.26. The highest BCUT2D eigenvalue weighted by molar-refractivity contribution is 5.95. The molecule has 7 heteroatoms. The van der Waals surface area contributed by atoms with Crippen LogP contribution < -0.4 is 5.32 Å². The number of rotatable bonds is 3. The number of nitro groups is 1. The molecular formula is C12H13FN2O4. The smallest absolute Gasteiger partial charge is 0.270 e. The molecule has 1 aliphatic rings. The summed E-state index contributed by atoms with van der Waals surface area (Å²) >= 11 is 0. The number of hydrogen-bond donors (Lipinski definition) is 1. The van der Waals surface area contributed by atoms with Crippen LogP contribution >= 0.6 is 0 Å². The molecule has 0 radical (unpaired) electrons. The van der Waals surface area contributed by atoms with Crippen LogP contribution in [-0.4, -0.2) is 30.1 Å². The number of non-ortho nitro benzene ring substituents is 1. The molecule has 0 saturated carbocycles. The van der Waals surface area contributed by atoms with E-state index in [1.165, 1.54) is 6.92 Å². The van der Waals surface area contributed by atoms with Gasteiger partial charge in [-0.3, -0.25) is 14.9 Å². The van der Waals surface area contributed by atoms with Crippen LogP contribution in [0.4, 0.5) is 10.1 Å². The van der Waals surface area contributed by atoms with Crippen molar-refractivity contribution in [2.75, 3.05) is 13.2 Å². The minimum atomic E-state index is -0.734. The van der Waals surface area contributed by atoms with Gasteiger partial charge in [0.2, 0.25) is 0 Å². The van der Waals surface area contributed by atoms with Crippen molar-refractivity contribution in [3.63, 3.8) is 0 Å². The minimum absolute atomic E-state index is 0.0713. The zero-order valence-electron chi connectivity index (χ0n) is 10.3. The Kier molecular flexibility index (Phi) is 3.75. The van der Waals surface area contributed by atoms with Crippen LogP contribution in [0.3, 0.4) is 0 Å². The van der Waals surface area contributed by atoms with Gasteiger partial charge in [0.15, 0.2) is 0 Å². The van der Waals surface area contributed by atoms with Crippen molar-refractivity contribution in [1.82, 2.24) is 5.32 Å². The lowest BCUT2D eigenvalue weighted by Crippen LogP contribution is -2.35. The molecule has 6 nitrogen and oxygen atoms in total. The fourth-order valence-corrected chi connectivity index (χ4v) is 1.93. The summed E-state index contributed by atoms with van der Waals surface area (Å²) in [6.45, 7) is 2.31. The molecule has 1 N–H and O–H groups in total. The molecule has 1 aliphatic heterocycles. The third kappa shape index (κ3) is 2.87. The summed E-state index contributed by atoms with van der Waals surface area (Å²) in [5.41, 5.74) is -0.535. The van der Waals surface area contributed by atoms with Gasteiger partial charge in [-0.05, 0) is 18.9 Å². The predicted molar refractivity (Wildman–Crippen MR) is 64.5 cm³/mol. The zero-order valence-corrected chi connectivity index (χ0v) is 10.3. The van der Waals surface area contributed by atoms with E-state index in [1.54, 1.807) is 0 Å². The molecule has 19 heavy (non-hydrogen) atoms. The Morgan fingerprint density at radius 2 is 2.32 bits per heavy atom. The first-order valence-electron chi connectivity index (χ1n) is 5.82. The van der Waals surface area contributed by atoms with Gasteiger partial charge in [0.25, 0.3) is 11.6 Å². The Bertz CT molecular complexity index is 527. The van der Waals surface area contributed by atoms with Crippen LogP contribution in [0.1, 0.15) is 22.3 Å². The number of carbonyl (C=O) groups excluding carboxylic acids is 1. The molecule has 2 rings (SSSR count). The van der Waals surface area contributed by atoms with E-state index < -0.39 is 16.6 Å². The summed E-state index contributed by atoms with van der Waals surface area (Å²) in [5.74, 6) is -1.39. The predicted octanol–water partition coefficient (Wildman–Crippen LogP) is 1.56. The second-order valence-corrected chi connectivity index (χ2v) is 4.42. The van der Waals surface area contributed by atoms with E-state index in [9.17, 15) is 19.3 Å². The molecule has 1 aromatic carbocycles. The Morgan fingerprint density at radius 1 is 1.58 bits per heavy atom. The number of nitrogens with zero attached hydrogens (tertiary/aromatic N) is 1. The summed E-state index contributed by atoms with van der Waals surface area (Å²) in [4.78, 5) is 22.0. The summed E-state index contributed by atoms with van der Waals surface area (Å²) in [5, 5.41) is 13.3. The molecule has 1 fully saturated rings. The standard InChI is InChI=1S/C12H13FN2O4/c1-7-4-9(15(17)18)5-10(11(7)13)12(16)14-8-2-3-19-6-8/h4-5,8H,2-3,6H2,1H3,(H,14,16). The summed E-state index contributed by atoms with van der Waals surface area (Å²) in [6, 6.07) is 1.88. The van der Waals surface area contributed by atoms with E-state index in [0.717, 1.165) is 12.1 Å². The average molecular weight is 268 g/mol. The number of carbonyl (C=O) groups is 1. The van der Waals surface area contributed by atoms with E-state index in [1.807, 2.05) is 0 Å². The van der Waals surface area contributed by atoms with Gasteiger partial charge in [0.05, 0.1) is 23.1 Å². The highest BCUT2D eigenvalue weighted by Gasteiger charge is 2.23. The van der Waals surface area contributed by atoms with Gasteiger partial charge in [-0.1, -0.05) is 0 Å². The van der Waals surface area contributed by atoms with Crippen LogP contribution in [0.15, 0.2) is 12.1 Å².